The Bertz CT molecular complexity index is 746. The van der Waals surface area contributed by atoms with Crippen LogP contribution in [0.4, 0.5) is 0 Å². The van der Waals surface area contributed by atoms with Crippen LogP contribution in [0.2, 0.25) is 5.02 Å². The van der Waals surface area contributed by atoms with Crippen molar-refractivity contribution < 1.29 is 0 Å². The molecule has 0 bridgehead atoms. The first-order chi connectivity index (χ1) is 7.75. The molecule has 1 heterocycles. The molecule has 0 aliphatic carbocycles. The highest BCUT2D eigenvalue weighted by Gasteiger charge is 2.04. The molecule has 0 saturated heterocycles. The van der Waals surface area contributed by atoms with E-state index in [-0.39, 0.29) is 5.56 Å². The Morgan fingerprint density at radius 3 is 2.69 bits per heavy atom. The minimum atomic E-state index is -0.172. The Morgan fingerprint density at radius 1 is 1.00 bits per heavy atom. The zero-order valence-corrected chi connectivity index (χ0v) is 9.08. The highest BCUT2D eigenvalue weighted by molar-refractivity contribution is 6.36. The van der Waals surface area contributed by atoms with Crippen molar-refractivity contribution in [2.24, 2.45) is 0 Å². The van der Waals surface area contributed by atoms with E-state index in [1.165, 1.54) is 6.07 Å². The van der Waals surface area contributed by atoms with Crippen LogP contribution in [0.5, 0.6) is 0 Å². The number of benzene rings is 2. The fourth-order valence-electron chi connectivity index (χ4n) is 1.96. The lowest BCUT2D eigenvalue weighted by molar-refractivity contribution is 1.32. The molecule has 2 aromatic carbocycles. The highest BCUT2D eigenvalue weighted by Crippen LogP contribution is 2.26. The predicted molar refractivity (Wildman–Crippen MR) is 67.1 cm³/mol. The summed E-state index contributed by atoms with van der Waals surface area (Å²) in [4.78, 5) is 14.2. The first-order valence-corrected chi connectivity index (χ1v) is 5.34. The lowest BCUT2D eigenvalue weighted by Gasteiger charge is -2.04. The average molecular weight is 230 g/mol. The number of aromatic amines is 1. The van der Waals surface area contributed by atoms with Gasteiger partial charge in [-0.05, 0) is 5.39 Å². The largest absolute Gasteiger partial charge is 0.321 e. The van der Waals surface area contributed by atoms with E-state index >= 15 is 0 Å². The van der Waals surface area contributed by atoms with Crippen molar-refractivity contribution in [3.8, 4) is 0 Å². The Hall–Kier alpha value is -1.80. The molecule has 3 rings (SSSR count). The second-order valence-electron chi connectivity index (χ2n) is 3.69. The highest BCUT2D eigenvalue weighted by atomic mass is 35.5. The van der Waals surface area contributed by atoms with E-state index in [1.54, 1.807) is 0 Å². The minimum absolute atomic E-state index is 0.172. The third-order valence-electron chi connectivity index (χ3n) is 2.69. The predicted octanol–water partition coefficient (Wildman–Crippen LogP) is 3.33. The maximum atomic E-state index is 11.4. The van der Waals surface area contributed by atoms with Gasteiger partial charge in [-0.3, -0.25) is 4.79 Å². The van der Waals surface area contributed by atoms with Crippen LogP contribution in [0.15, 0.2) is 47.3 Å². The Balaban J connectivity index is 2.65. The van der Waals surface area contributed by atoms with Gasteiger partial charge in [-0.1, -0.05) is 48.0 Å². The van der Waals surface area contributed by atoms with Gasteiger partial charge in [-0.15, -0.1) is 0 Å². The average Bonchev–Trinajstić information content (AvgIpc) is 2.28. The number of aromatic nitrogens is 1. The number of fused-ring (bicyclic) bond motifs is 3. The van der Waals surface area contributed by atoms with Gasteiger partial charge < -0.3 is 4.98 Å². The van der Waals surface area contributed by atoms with E-state index in [2.05, 4.69) is 4.98 Å². The van der Waals surface area contributed by atoms with Gasteiger partial charge in [0.15, 0.2) is 0 Å². The monoisotopic (exact) mass is 229 g/mol. The number of nitrogens with one attached hydrogen (secondary N) is 1. The molecule has 0 saturated carbocycles. The van der Waals surface area contributed by atoms with Crippen LogP contribution >= 0.6 is 11.6 Å². The summed E-state index contributed by atoms with van der Waals surface area (Å²) in [6.07, 6.45) is 0. The maximum Gasteiger partial charge on any atom is 0.249 e. The first kappa shape index (κ1) is 9.43. The van der Waals surface area contributed by atoms with E-state index in [9.17, 15) is 4.79 Å². The molecule has 78 valence electrons. The topological polar surface area (TPSA) is 32.9 Å². The molecule has 3 heteroatoms. The molecule has 0 radical (unpaired) electrons. The van der Waals surface area contributed by atoms with Crippen molar-refractivity contribution in [3.05, 3.63) is 57.8 Å². The van der Waals surface area contributed by atoms with Crippen LogP contribution < -0.4 is 5.56 Å². The molecule has 1 aromatic heterocycles. The molecule has 0 unspecified atom stereocenters. The van der Waals surface area contributed by atoms with Gasteiger partial charge in [-0.25, -0.2) is 0 Å². The van der Waals surface area contributed by atoms with E-state index < -0.39 is 0 Å². The van der Waals surface area contributed by atoms with Gasteiger partial charge in [-0.2, -0.15) is 0 Å². The van der Waals surface area contributed by atoms with Crippen molar-refractivity contribution in [2.75, 3.05) is 0 Å². The summed E-state index contributed by atoms with van der Waals surface area (Å²) in [6.45, 7) is 0. The van der Waals surface area contributed by atoms with E-state index in [0.717, 1.165) is 21.7 Å². The molecule has 0 spiro atoms. The van der Waals surface area contributed by atoms with Gasteiger partial charge in [0.2, 0.25) is 5.56 Å². The molecule has 0 aliphatic heterocycles. The van der Waals surface area contributed by atoms with Gasteiger partial charge in [0.1, 0.15) is 0 Å². The van der Waals surface area contributed by atoms with Crippen LogP contribution in [0.25, 0.3) is 21.7 Å². The molecule has 0 atom stereocenters. The Morgan fingerprint density at radius 2 is 1.81 bits per heavy atom. The SMILES string of the molecule is O=c1cc(Cl)c2ccc3ccccc3c2[nH]1. The fourth-order valence-corrected chi connectivity index (χ4v) is 2.21. The van der Waals surface area contributed by atoms with Crippen LogP contribution in [-0.2, 0) is 0 Å². The fraction of sp³-hybridized carbons (Fsp3) is 0. The first-order valence-electron chi connectivity index (χ1n) is 4.96. The van der Waals surface area contributed by atoms with Crippen molar-refractivity contribution in [2.45, 2.75) is 0 Å². The Kier molecular flexibility index (Phi) is 1.98. The summed E-state index contributed by atoms with van der Waals surface area (Å²) < 4.78 is 0. The quantitative estimate of drug-likeness (QED) is 0.590. The normalized spacial score (nSPS) is 11.1. The molecule has 16 heavy (non-hydrogen) atoms. The zero-order chi connectivity index (χ0) is 11.1. The van der Waals surface area contributed by atoms with Crippen molar-refractivity contribution in [1.82, 2.24) is 4.98 Å². The van der Waals surface area contributed by atoms with Crippen LogP contribution in [0, 0.1) is 0 Å². The second-order valence-corrected chi connectivity index (χ2v) is 4.10. The van der Waals surface area contributed by atoms with Gasteiger partial charge in [0.25, 0.3) is 0 Å². The van der Waals surface area contributed by atoms with Crippen LogP contribution in [-0.4, -0.2) is 4.98 Å². The summed E-state index contributed by atoms with van der Waals surface area (Å²) in [5.41, 5.74) is 0.629. The smallest absolute Gasteiger partial charge is 0.249 e. The van der Waals surface area contributed by atoms with Crippen LogP contribution in [0.3, 0.4) is 0 Å². The molecule has 0 amide bonds. The number of rotatable bonds is 0. The van der Waals surface area contributed by atoms with Gasteiger partial charge in [0.05, 0.1) is 10.5 Å². The van der Waals surface area contributed by atoms with Gasteiger partial charge in [0, 0.05) is 16.8 Å². The van der Waals surface area contributed by atoms with E-state index in [1.807, 2.05) is 36.4 Å². The maximum absolute atomic E-state index is 11.4. The molecule has 1 N–H and O–H groups in total. The second kappa shape index (κ2) is 3.35. The summed E-state index contributed by atoms with van der Waals surface area (Å²) in [5, 5.41) is 3.47. The van der Waals surface area contributed by atoms with Crippen molar-refractivity contribution in [3.63, 3.8) is 0 Å². The molecular formula is C13H8ClNO. The standard InChI is InChI=1S/C13H8ClNO/c14-11-7-12(16)15-13-9-4-2-1-3-8(9)5-6-10(11)13/h1-7H,(H,15,16). The third-order valence-corrected chi connectivity index (χ3v) is 3.01. The van der Waals surface area contributed by atoms with E-state index in [4.69, 9.17) is 11.6 Å². The number of pyridine rings is 1. The lowest BCUT2D eigenvalue weighted by atomic mass is 10.1. The summed E-state index contributed by atoms with van der Waals surface area (Å²) >= 11 is 6.04. The van der Waals surface area contributed by atoms with Crippen molar-refractivity contribution in [1.29, 1.82) is 0 Å². The zero-order valence-electron chi connectivity index (χ0n) is 8.33. The van der Waals surface area contributed by atoms with Crippen LogP contribution in [0.1, 0.15) is 0 Å². The number of hydrogen-bond acceptors (Lipinski definition) is 1. The molecule has 0 fully saturated rings. The molecule has 2 nitrogen and oxygen atoms in total. The minimum Gasteiger partial charge on any atom is -0.321 e. The Labute approximate surface area is 96.5 Å². The lowest BCUT2D eigenvalue weighted by Crippen LogP contribution is -2.03. The van der Waals surface area contributed by atoms with E-state index in [0.29, 0.717) is 5.02 Å². The number of H-pyrrole nitrogens is 1. The number of hydrogen-bond donors (Lipinski definition) is 1. The summed E-state index contributed by atoms with van der Waals surface area (Å²) in [7, 11) is 0. The third kappa shape index (κ3) is 1.31. The molecule has 3 aromatic rings. The van der Waals surface area contributed by atoms with Crippen molar-refractivity contribution >= 4 is 33.3 Å². The summed E-state index contributed by atoms with van der Waals surface area (Å²) in [6, 6.07) is 13.2. The summed E-state index contributed by atoms with van der Waals surface area (Å²) in [5.74, 6) is 0. The molecular weight excluding hydrogens is 222 g/mol. The van der Waals surface area contributed by atoms with Gasteiger partial charge >= 0.3 is 0 Å². The molecule has 0 aliphatic rings. The number of halogens is 1.